The number of anilines is 1. The van der Waals surface area contributed by atoms with Crippen molar-refractivity contribution in [1.29, 1.82) is 0 Å². The summed E-state index contributed by atoms with van der Waals surface area (Å²) in [4.78, 5) is 55.0. The van der Waals surface area contributed by atoms with Crippen molar-refractivity contribution in [1.82, 2.24) is 24.5 Å². The van der Waals surface area contributed by atoms with Gasteiger partial charge in [0.25, 0.3) is 11.8 Å². The van der Waals surface area contributed by atoms with E-state index < -0.39 is 68.2 Å². The lowest BCUT2D eigenvalue weighted by atomic mass is 9.85. The van der Waals surface area contributed by atoms with Gasteiger partial charge in [0, 0.05) is 42.4 Å². The standard InChI is InChI=1S/C36H44N6O7S/c1-7-24-19-36(24,33(44)40-50(46,47)28-11-12-28)42(32(43)30(35(3,4)5)39-25-9-8-15-37-20-25)34(45)41-21-27(17-22(41)2)49-31-29-13-10-26(48-6)18-23(29)14-16-38-31/h7-10,13-16,18,20,22,24,27-28,30,39H,1,11-12,17,19,21H2,2-6H3,(H,40,44)/t22?,24-,27-,30-,36-/m1/s1. The Bertz CT molecular complexity index is 1910. The van der Waals surface area contributed by atoms with E-state index >= 15 is 0 Å². The van der Waals surface area contributed by atoms with Crippen molar-refractivity contribution in [2.75, 3.05) is 19.0 Å². The summed E-state index contributed by atoms with van der Waals surface area (Å²) in [6.45, 7) is 11.4. The van der Waals surface area contributed by atoms with E-state index in [-0.39, 0.29) is 13.0 Å². The summed E-state index contributed by atoms with van der Waals surface area (Å²) < 4.78 is 40.0. The Morgan fingerprint density at radius 2 is 1.92 bits per heavy atom. The number of hydrogen-bond donors (Lipinski definition) is 2. The molecule has 1 saturated heterocycles. The van der Waals surface area contributed by atoms with Crippen LogP contribution in [0.25, 0.3) is 10.8 Å². The lowest BCUT2D eigenvalue weighted by Crippen LogP contribution is -2.64. The number of pyridine rings is 2. The maximum absolute atomic E-state index is 14.9. The number of nitrogens with one attached hydrogen (secondary N) is 2. The van der Waals surface area contributed by atoms with E-state index in [1.807, 2.05) is 52.0 Å². The first-order valence-corrected chi connectivity index (χ1v) is 18.3. The Morgan fingerprint density at radius 3 is 2.54 bits per heavy atom. The Kier molecular flexibility index (Phi) is 9.27. The fourth-order valence-corrected chi connectivity index (χ4v) is 8.04. The number of carbonyl (C=O) groups is 3. The average Bonchev–Trinajstić information content (AvgIpc) is 4.01. The van der Waals surface area contributed by atoms with Crippen molar-refractivity contribution in [3.05, 3.63) is 67.6 Å². The number of ether oxygens (including phenoxy) is 2. The van der Waals surface area contributed by atoms with E-state index in [0.29, 0.717) is 36.6 Å². The molecule has 4 amide bonds. The number of benzene rings is 1. The first-order chi connectivity index (χ1) is 23.7. The number of imide groups is 1. The average molecular weight is 705 g/mol. The Labute approximate surface area is 292 Å². The van der Waals surface area contributed by atoms with Crippen molar-refractivity contribution >= 4 is 44.3 Å². The minimum Gasteiger partial charge on any atom is -0.497 e. The molecule has 3 heterocycles. The fraction of sp³-hybridized carbons (Fsp3) is 0.472. The molecule has 0 bridgehead atoms. The summed E-state index contributed by atoms with van der Waals surface area (Å²) in [6, 6.07) is 8.77. The van der Waals surface area contributed by atoms with Crippen LogP contribution in [0.3, 0.4) is 0 Å². The molecule has 50 heavy (non-hydrogen) atoms. The largest absolute Gasteiger partial charge is 0.497 e. The molecule has 1 unspecified atom stereocenters. The lowest BCUT2D eigenvalue weighted by molar-refractivity contribution is -0.141. The fourth-order valence-electron chi connectivity index (χ4n) is 6.68. The van der Waals surface area contributed by atoms with E-state index in [9.17, 15) is 22.8 Å². The Hall–Kier alpha value is -4.72. The van der Waals surface area contributed by atoms with Crippen molar-refractivity contribution in [2.45, 2.75) is 82.4 Å². The van der Waals surface area contributed by atoms with Crippen LogP contribution in [0, 0.1) is 11.3 Å². The first-order valence-electron chi connectivity index (χ1n) is 16.8. The Morgan fingerprint density at radius 1 is 1.16 bits per heavy atom. The number of carbonyl (C=O) groups excluding carboxylic acids is 3. The van der Waals surface area contributed by atoms with E-state index in [1.54, 1.807) is 37.8 Å². The molecule has 2 aliphatic carbocycles. The smallest absolute Gasteiger partial charge is 0.328 e. The quantitative estimate of drug-likeness (QED) is 0.272. The number of rotatable bonds is 11. The summed E-state index contributed by atoms with van der Waals surface area (Å²) in [7, 11) is -2.40. The van der Waals surface area contributed by atoms with Gasteiger partial charge in [0.2, 0.25) is 15.9 Å². The second kappa shape index (κ2) is 13.2. The number of aromatic nitrogens is 2. The van der Waals surface area contributed by atoms with Gasteiger partial charge in [-0.3, -0.25) is 19.3 Å². The van der Waals surface area contributed by atoms with E-state index in [2.05, 4.69) is 26.6 Å². The van der Waals surface area contributed by atoms with Gasteiger partial charge in [-0.2, -0.15) is 0 Å². The highest BCUT2D eigenvalue weighted by molar-refractivity contribution is 7.91. The van der Waals surface area contributed by atoms with Gasteiger partial charge in [-0.1, -0.05) is 26.8 Å². The summed E-state index contributed by atoms with van der Waals surface area (Å²) in [5, 5.41) is 4.19. The molecule has 13 nitrogen and oxygen atoms in total. The van der Waals surface area contributed by atoms with Crippen LogP contribution in [0.2, 0.25) is 0 Å². The number of nitrogens with zero attached hydrogens (tertiary/aromatic N) is 4. The van der Waals surface area contributed by atoms with Gasteiger partial charge in [0.1, 0.15) is 23.4 Å². The topological polar surface area (TPSA) is 160 Å². The molecule has 0 spiro atoms. The van der Waals surface area contributed by atoms with Gasteiger partial charge < -0.3 is 19.7 Å². The van der Waals surface area contributed by atoms with Gasteiger partial charge in [0.05, 0.1) is 24.6 Å². The number of amides is 4. The summed E-state index contributed by atoms with van der Waals surface area (Å²) in [6.07, 6.45) is 7.17. The second-order valence-corrected chi connectivity index (χ2v) is 16.4. The summed E-state index contributed by atoms with van der Waals surface area (Å²) >= 11 is 0. The Balaban J connectivity index is 1.35. The third-order valence-electron chi connectivity index (χ3n) is 9.75. The molecular weight excluding hydrogens is 660 g/mol. The molecule has 2 N–H and O–H groups in total. The van der Waals surface area contributed by atoms with Crippen molar-refractivity contribution in [3.63, 3.8) is 0 Å². The van der Waals surface area contributed by atoms with Crippen LogP contribution in [-0.2, 0) is 19.6 Å². The molecule has 3 aromatic rings. The second-order valence-electron chi connectivity index (χ2n) is 14.5. The number of sulfonamides is 1. The van der Waals surface area contributed by atoms with Crippen LogP contribution in [0.4, 0.5) is 10.5 Å². The predicted octanol–water partition coefficient (Wildman–Crippen LogP) is 4.51. The maximum atomic E-state index is 14.9. The maximum Gasteiger partial charge on any atom is 0.328 e. The summed E-state index contributed by atoms with van der Waals surface area (Å²) in [5.74, 6) is -1.16. The molecule has 1 aromatic carbocycles. The molecule has 6 rings (SSSR count). The number of methoxy groups -OCH3 is 1. The molecule has 3 fully saturated rings. The number of likely N-dealkylation sites (tertiary alicyclic amines) is 1. The van der Waals surface area contributed by atoms with Crippen molar-refractivity contribution < 1.29 is 32.3 Å². The van der Waals surface area contributed by atoms with Gasteiger partial charge in [0.15, 0.2) is 0 Å². The number of fused-ring (bicyclic) bond motifs is 1. The molecule has 14 heteroatoms. The highest BCUT2D eigenvalue weighted by atomic mass is 32.2. The van der Waals surface area contributed by atoms with Crippen LogP contribution < -0.4 is 19.5 Å². The zero-order valence-electron chi connectivity index (χ0n) is 29.0. The SMILES string of the molecule is C=C[C@@H]1C[C@@]1(C(=O)NS(=O)(=O)C1CC1)N(C(=O)[C@@H](Nc1cccnc1)C(C)(C)C)C(=O)N1C[C@H](Oc2nccc3cc(OC)ccc23)CC1C. The third-order valence-corrected chi connectivity index (χ3v) is 11.6. The zero-order chi connectivity index (χ0) is 36.0. The molecule has 1 aliphatic heterocycles. The lowest BCUT2D eigenvalue weighted by Gasteiger charge is -2.40. The van der Waals surface area contributed by atoms with Crippen LogP contribution in [0.1, 0.15) is 53.4 Å². The van der Waals surface area contributed by atoms with Crippen molar-refractivity contribution in [2.24, 2.45) is 11.3 Å². The highest BCUT2D eigenvalue weighted by Crippen LogP contribution is 2.51. The number of hydrogen-bond acceptors (Lipinski definition) is 10. The first kappa shape index (κ1) is 35.1. The van der Waals surface area contributed by atoms with Gasteiger partial charge in [-0.25, -0.2) is 23.1 Å². The minimum absolute atomic E-state index is 0.0370. The predicted molar refractivity (Wildman–Crippen MR) is 188 cm³/mol. The normalized spacial score (nSPS) is 23.9. The molecule has 5 atom stereocenters. The number of urea groups is 1. The highest BCUT2D eigenvalue weighted by Gasteiger charge is 2.68. The van der Waals surface area contributed by atoms with Crippen LogP contribution in [-0.4, -0.2) is 88.7 Å². The zero-order valence-corrected chi connectivity index (χ0v) is 29.8. The monoisotopic (exact) mass is 704 g/mol. The van der Waals surface area contributed by atoms with E-state index in [0.717, 1.165) is 15.7 Å². The van der Waals surface area contributed by atoms with E-state index in [1.165, 1.54) is 11.0 Å². The molecule has 266 valence electrons. The van der Waals surface area contributed by atoms with Crippen LogP contribution >= 0.6 is 0 Å². The molecule has 3 aliphatic rings. The van der Waals surface area contributed by atoms with Crippen molar-refractivity contribution in [3.8, 4) is 11.6 Å². The van der Waals surface area contributed by atoms with Gasteiger partial charge in [-0.15, -0.1) is 6.58 Å². The van der Waals surface area contributed by atoms with Gasteiger partial charge >= 0.3 is 6.03 Å². The third kappa shape index (κ3) is 6.72. The molecule has 2 aromatic heterocycles. The van der Waals surface area contributed by atoms with E-state index in [4.69, 9.17) is 9.47 Å². The molecule has 0 radical (unpaired) electrons. The molecular formula is C36H44N6O7S. The minimum atomic E-state index is -3.99. The van der Waals surface area contributed by atoms with Crippen LogP contribution in [0.5, 0.6) is 11.6 Å². The van der Waals surface area contributed by atoms with Crippen LogP contribution in [0.15, 0.2) is 67.6 Å². The van der Waals surface area contributed by atoms with Gasteiger partial charge in [-0.05, 0) is 73.4 Å². The summed E-state index contributed by atoms with van der Waals surface area (Å²) in [5.41, 5.74) is -2.01. The molecule has 2 saturated carbocycles.